The minimum Gasteiger partial charge on any atom is -0.467 e. The Balaban J connectivity index is 0.000000257. The number of alkyl halides is 3. The van der Waals surface area contributed by atoms with Gasteiger partial charge in [-0.2, -0.15) is 33.1 Å². The topological polar surface area (TPSA) is 151 Å². The Hall–Kier alpha value is -5.41. The number of carbonyl (C=O) groups is 1. The van der Waals surface area contributed by atoms with Gasteiger partial charge in [-0.25, -0.2) is 9.97 Å². The fourth-order valence-electron chi connectivity index (χ4n) is 7.34. The standard InChI is InChI=1S/C28H30ClF3N4O2.C20H21ClN4O.ClH/c1-17(2)19-8-7-9-20(15-19)23-34-24(36-26(35-23)38-3)21-14-18(10-11-22(21)29)16-33-25(37)27(28(30,31)32)12-5-4-6-13-27;1-12(2)14-5-4-6-15(10-14)18-23-19(25-20(24-18)26-3)16-9-13(11-22)7-8-17(16)21;/h7-11,14-15,17H,4-6,12-13,16H2,1-3H3,(H,33,37);4-10,12H,11,22H2,1-3H3;1H. The van der Waals surface area contributed by atoms with Gasteiger partial charge in [-0.05, 0) is 83.3 Å². The fourth-order valence-corrected chi connectivity index (χ4v) is 7.74. The largest absolute Gasteiger partial charge is 0.467 e. The monoisotopic (exact) mass is 950 g/mol. The second kappa shape index (κ2) is 22.2. The highest BCUT2D eigenvalue weighted by Gasteiger charge is 2.59. The van der Waals surface area contributed by atoms with Crippen molar-refractivity contribution in [3.8, 4) is 57.6 Å². The van der Waals surface area contributed by atoms with Crippen molar-refractivity contribution in [1.82, 2.24) is 35.2 Å². The van der Waals surface area contributed by atoms with Crippen molar-refractivity contribution in [1.29, 1.82) is 0 Å². The molecule has 4 aromatic carbocycles. The molecule has 2 heterocycles. The van der Waals surface area contributed by atoms with Gasteiger partial charge in [0.25, 0.3) is 0 Å². The summed E-state index contributed by atoms with van der Waals surface area (Å²) < 4.78 is 52.3. The van der Waals surface area contributed by atoms with Crippen LogP contribution in [0.25, 0.3) is 45.6 Å². The number of ether oxygens (including phenoxy) is 2. The number of nitrogens with one attached hydrogen (secondary N) is 1. The van der Waals surface area contributed by atoms with E-state index in [0.717, 1.165) is 22.3 Å². The molecular formula is C48H52Cl3F3N8O3. The number of hydrogen-bond donors (Lipinski definition) is 2. The van der Waals surface area contributed by atoms with Crippen molar-refractivity contribution < 1.29 is 27.4 Å². The summed E-state index contributed by atoms with van der Waals surface area (Å²) >= 11 is 12.8. The average Bonchev–Trinajstić information content (AvgIpc) is 3.31. The summed E-state index contributed by atoms with van der Waals surface area (Å²) in [6, 6.07) is 26.8. The number of rotatable bonds is 12. The van der Waals surface area contributed by atoms with Crippen molar-refractivity contribution >= 4 is 41.5 Å². The van der Waals surface area contributed by atoms with E-state index in [2.05, 4.69) is 75.0 Å². The van der Waals surface area contributed by atoms with Crippen LogP contribution in [0.4, 0.5) is 13.2 Å². The first-order valence-corrected chi connectivity index (χ1v) is 21.7. The zero-order valence-electron chi connectivity index (χ0n) is 37.0. The highest BCUT2D eigenvalue weighted by Crippen LogP contribution is 2.49. The number of nitrogens with zero attached hydrogens (tertiary/aromatic N) is 6. The van der Waals surface area contributed by atoms with E-state index in [9.17, 15) is 18.0 Å². The van der Waals surface area contributed by atoms with Crippen LogP contribution in [0.5, 0.6) is 12.0 Å². The normalized spacial score (nSPS) is 13.4. The van der Waals surface area contributed by atoms with E-state index in [-0.39, 0.29) is 49.6 Å². The predicted octanol–water partition coefficient (Wildman–Crippen LogP) is 12.0. The molecule has 0 bridgehead atoms. The second-order valence-electron chi connectivity index (χ2n) is 16.2. The van der Waals surface area contributed by atoms with Gasteiger partial charge in [0.15, 0.2) is 23.3 Å². The van der Waals surface area contributed by atoms with E-state index in [1.54, 1.807) is 24.3 Å². The minimum absolute atomic E-state index is 0. The summed E-state index contributed by atoms with van der Waals surface area (Å²) in [5.41, 5.74) is 10.1. The van der Waals surface area contributed by atoms with E-state index in [1.165, 1.54) is 19.8 Å². The molecule has 0 aliphatic heterocycles. The zero-order valence-corrected chi connectivity index (χ0v) is 39.3. The molecule has 7 rings (SSSR count). The van der Waals surface area contributed by atoms with Crippen molar-refractivity contribution in [2.45, 2.75) is 90.9 Å². The van der Waals surface area contributed by atoms with Gasteiger partial charge in [0.1, 0.15) is 5.41 Å². The van der Waals surface area contributed by atoms with Gasteiger partial charge in [-0.3, -0.25) is 4.79 Å². The van der Waals surface area contributed by atoms with Crippen molar-refractivity contribution in [3.05, 3.63) is 117 Å². The van der Waals surface area contributed by atoms with Gasteiger partial charge < -0.3 is 20.5 Å². The molecule has 0 unspecified atom stereocenters. The number of hydrogen-bond acceptors (Lipinski definition) is 10. The predicted molar refractivity (Wildman–Crippen MR) is 251 cm³/mol. The second-order valence-corrected chi connectivity index (χ2v) is 17.0. The lowest BCUT2D eigenvalue weighted by atomic mass is 9.72. The first-order chi connectivity index (χ1) is 30.5. The Labute approximate surface area is 393 Å². The highest BCUT2D eigenvalue weighted by molar-refractivity contribution is 6.33. The molecule has 65 heavy (non-hydrogen) atoms. The fraction of sp³-hybridized carbons (Fsp3) is 0.354. The third-order valence-corrected chi connectivity index (χ3v) is 11.8. The van der Waals surface area contributed by atoms with Crippen molar-refractivity contribution in [3.63, 3.8) is 0 Å². The molecule has 0 saturated heterocycles. The van der Waals surface area contributed by atoms with Crippen LogP contribution in [0.2, 0.25) is 10.0 Å². The van der Waals surface area contributed by atoms with E-state index >= 15 is 0 Å². The van der Waals surface area contributed by atoms with Crippen LogP contribution >= 0.6 is 35.6 Å². The first-order valence-electron chi connectivity index (χ1n) is 21.0. The molecule has 1 aliphatic rings. The molecule has 6 aromatic rings. The minimum atomic E-state index is -4.60. The number of carbonyl (C=O) groups excluding carboxylic acids is 1. The molecule has 1 saturated carbocycles. The molecule has 2 aromatic heterocycles. The maximum Gasteiger partial charge on any atom is 0.403 e. The lowest BCUT2D eigenvalue weighted by molar-refractivity contribution is -0.230. The van der Waals surface area contributed by atoms with Gasteiger partial charge in [0.05, 0.1) is 24.3 Å². The summed E-state index contributed by atoms with van der Waals surface area (Å²) in [5, 5.41) is 3.41. The maximum atomic E-state index is 13.9. The molecule has 3 N–H and O–H groups in total. The molecule has 1 fully saturated rings. The Bertz CT molecular complexity index is 2590. The molecule has 1 aliphatic carbocycles. The number of aromatic nitrogens is 6. The molecule has 0 atom stereocenters. The number of nitrogens with two attached hydrogens (primary N) is 1. The van der Waals surface area contributed by atoms with Crippen LogP contribution < -0.4 is 20.5 Å². The van der Waals surface area contributed by atoms with Crippen molar-refractivity contribution in [2.75, 3.05) is 14.2 Å². The summed E-state index contributed by atoms with van der Waals surface area (Å²) in [4.78, 5) is 39.6. The Morgan fingerprint density at radius 1 is 0.677 bits per heavy atom. The number of methoxy groups -OCH3 is 2. The first kappa shape index (κ1) is 50.6. The van der Waals surface area contributed by atoms with E-state index in [0.29, 0.717) is 81.9 Å². The molecule has 0 radical (unpaired) electrons. The molecule has 344 valence electrons. The highest BCUT2D eigenvalue weighted by atomic mass is 35.5. The van der Waals surface area contributed by atoms with Crippen LogP contribution in [0, 0.1) is 5.41 Å². The third-order valence-electron chi connectivity index (χ3n) is 11.1. The SMILES string of the molecule is COc1nc(-c2cccc(C(C)C)c2)nc(-c2cc(CN)ccc2Cl)n1.COc1nc(-c2cccc(C(C)C)c2)nc(-c2cc(CNC(=O)C3(C(F)(F)F)CCCCC3)ccc2Cl)n1.Cl. The zero-order chi connectivity index (χ0) is 46.2. The van der Waals surface area contributed by atoms with Gasteiger partial charge >= 0.3 is 18.2 Å². The molecule has 17 heteroatoms. The number of amides is 1. The Kier molecular flexibility index (Phi) is 17.3. The summed E-state index contributed by atoms with van der Waals surface area (Å²) in [6.45, 7) is 8.80. The molecule has 11 nitrogen and oxygen atoms in total. The smallest absolute Gasteiger partial charge is 0.403 e. The van der Waals surface area contributed by atoms with E-state index in [4.69, 9.17) is 38.4 Å². The van der Waals surface area contributed by atoms with Crippen LogP contribution in [0.3, 0.4) is 0 Å². The lowest BCUT2D eigenvalue weighted by Gasteiger charge is -2.37. The van der Waals surface area contributed by atoms with Crippen molar-refractivity contribution in [2.24, 2.45) is 11.1 Å². The molecule has 0 spiro atoms. The van der Waals surface area contributed by atoms with Crippen LogP contribution in [-0.2, 0) is 17.9 Å². The van der Waals surface area contributed by atoms with Gasteiger partial charge in [-0.15, -0.1) is 12.4 Å². The maximum absolute atomic E-state index is 13.9. The summed E-state index contributed by atoms with van der Waals surface area (Å²) in [7, 11) is 2.98. The number of halogens is 6. The van der Waals surface area contributed by atoms with E-state index in [1.807, 2.05) is 48.5 Å². The summed E-state index contributed by atoms with van der Waals surface area (Å²) in [5.74, 6) is 1.38. The molecule has 1 amide bonds. The molecular weight excluding hydrogens is 900 g/mol. The van der Waals surface area contributed by atoms with Gasteiger partial charge in [0.2, 0.25) is 5.91 Å². The number of benzene rings is 4. The lowest BCUT2D eigenvalue weighted by Crippen LogP contribution is -2.51. The Morgan fingerprint density at radius 2 is 1.12 bits per heavy atom. The van der Waals surface area contributed by atoms with E-state index < -0.39 is 17.5 Å². The summed E-state index contributed by atoms with van der Waals surface area (Å²) in [6.07, 6.45) is -3.54. The average molecular weight is 952 g/mol. The van der Waals surface area contributed by atoms with Gasteiger partial charge in [-0.1, -0.05) is 119 Å². The Morgan fingerprint density at radius 3 is 1.55 bits per heavy atom. The quantitative estimate of drug-likeness (QED) is 0.121. The van der Waals surface area contributed by atoms with Crippen LogP contribution in [-0.4, -0.2) is 56.2 Å². The van der Waals surface area contributed by atoms with Crippen LogP contribution in [0.1, 0.15) is 93.9 Å². The van der Waals surface area contributed by atoms with Crippen LogP contribution in [0.15, 0.2) is 84.9 Å². The third kappa shape index (κ3) is 12.1. The van der Waals surface area contributed by atoms with Gasteiger partial charge in [0, 0.05) is 35.3 Å².